The Morgan fingerprint density at radius 2 is 2.26 bits per heavy atom. The number of rotatable bonds is 5. The molecule has 1 aromatic carbocycles. The Hall–Kier alpha value is -1.66. The average molecular weight is 267 g/mol. The molecule has 0 amide bonds. The highest BCUT2D eigenvalue weighted by Gasteiger charge is 2.42. The minimum absolute atomic E-state index is 0.00608. The van der Waals surface area contributed by atoms with Gasteiger partial charge in [0.25, 0.3) is 5.69 Å². The number of hydrogen-bond donors (Lipinski definition) is 1. The van der Waals surface area contributed by atoms with Crippen molar-refractivity contribution in [2.24, 2.45) is 0 Å². The number of nitro benzene ring substituents is 1. The summed E-state index contributed by atoms with van der Waals surface area (Å²) in [5.74, 6) is 0.468. The molecule has 6 nitrogen and oxygen atoms in total. The topological polar surface area (TPSA) is 81.8 Å². The lowest BCUT2D eigenvalue weighted by atomic mass is 9.88. The van der Waals surface area contributed by atoms with Gasteiger partial charge < -0.3 is 14.6 Å². The van der Waals surface area contributed by atoms with E-state index in [9.17, 15) is 15.2 Å². The summed E-state index contributed by atoms with van der Waals surface area (Å²) in [5, 5.41) is 20.3. The zero-order valence-electron chi connectivity index (χ0n) is 10.9. The fraction of sp³-hybridized carbons (Fsp3) is 0.538. The van der Waals surface area contributed by atoms with Crippen LogP contribution in [0, 0.1) is 17.0 Å². The Balaban J connectivity index is 2.10. The number of ether oxygens (including phenoxy) is 2. The molecule has 2 rings (SSSR count). The van der Waals surface area contributed by atoms with Crippen molar-refractivity contribution < 1.29 is 19.5 Å². The number of aliphatic hydroxyl groups is 1. The van der Waals surface area contributed by atoms with Crippen LogP contribution in [-0.4, -0.2) is 34.9 Å². The molecule has 1 aliphatic carbocycles. The number of aliphatic hydroxyl groups excluding tert-OH is 1. The molecule has 6 heteroatoms. The van der Waals surface area contributed by atoms with Crippen molar-refractivity contribution in [2.45, 2.75) is 38.6 Å². The van der Waals surface area contributed by atoms with Crippen LogP contribution in [-0.2, 0) is 4.74 Å². The Labute approximate surface area is 111 Å². The summed E-state index contributed by atoms with van der Waals surface area (Å²) in [4.78, 5) is 10.3. The van der Waals surface area contributed by atoms with E-state index in [0.717, 1.165) is 5.56 Å². The van der Waals surface area contributed by atoms with Gasteiger partial charge in [-0.1, -0.05) is 0 Å². The van der Waals surface area contributed by atoms with Gasteiger partial charge in [0.2, 0.25) is 0 Å². The van der Waals surface area contributed by atoms with Crippen molar-refractivity contribution >= 4 is 5.69 Å². The van der Waals surface area contributed by atoms with E-state index in [4.69, 9.17) is 9.47 Å². The molecular weight excluding hydrogens is 250 g/mol. The van der Waals surface area contributed by atoms with E-state index in [1.807, 2.05) is 13.8 Å². The highest BCUT2D eigenvalue weighted by Crippen LogP contribution is 2.32. The van der Waals surface area contributed by atoms with Gasteiger partial charge in [-0.25, -0.2) is 0 Å². The Kier molecular flexibility index (Phi) is 4.01. The molecule has 1 N–H and O–H groups in total. The van der Waals surface area contributed by atoms with Crippen molar-refractivity contribution in [1.82, 2.24) is 0 Å². The maximum absolute atomic E-state index is 10.7. The minimum atomic E-state index is -0.524. The van der Waals surface area contributed by atoms with E-state index in [0.29, 0.717) is 18.8 Å². The molecule has 0 radical (unpaired) electrons. The molecule has 0 aromatic heterocycles. The van der Waals surface area contributed by atoms with Crippen LogP contribution in [0.25, 0.3) is 0 Å². The van der Waals surface area contributed by atoms with E-state index >= 15 is 0 Å². The highest BCUT2D eigenvalue weighted by molar-refractivity contribution is 5.43. The SMILES string of the molecule is CCOC1C(O)CC1Oc1cc([N+](=O)[O-])ccc1C. The van der Waals surface area contributed by atoms with Crippen LogP contribution in [0.15, 0.2) is 18.2 Å². The van der Waals surface area contributed by atoms with Gasteiger partial charge in [0.15, 0.2) is 0 Å². The van der Waals surface area contributed by atoms with E-state index in [1.165, 1.54) is 12.1 Å². The molecule has 1 saturated carbocycles. The monoisotopic (exact) mass is 267 g/mol. The predicted molar refractivity (Wildman–Crippen MR) is 68.3 cm³/mol. The molecule has 3 unspecified atom stereocenters. The fourth-order valence-corrected chi connectivity index (χ4v) is 2.08. The van der Waals surface area contributed by atoms with Gasteiger partial charge >= 0.3 is 0 Å². The third-order valence-corrected chi connectivity index (χ3v) is 3.24. The molecule has 0 heterocycles. The molecule has 104 valence electrons. The quantitative estimate of drug-likeness (QED) is 0.650. The Bertz CT molecular complexity index is 476. The summed E-state index contributed by atoms with van der Waals surface area (Å²) in [6.45, 7) is 4.17. The number of non-ortho nitro benzene ring substituents is 1. The first-order chi connectivity index (χ1) is 9.02. The molecule has 1 aromatic rings. The third-order valence-electron chi connectivity index (χ3n) is 3.24. The van der Waals surface area contributed by atoms with Gasteiger partial charge in [-0.2, -0.15) is 0 Å². The first-order valence-corrected chi connectivity index (χ1v) is 6.24. The summed E-state index contributed by atoms with van der Waals surface area (Å²) < 4.78 is 11.1. The molecule has 1 fully saturated rings. The zero-order valence-corrected chi connectivity index (χ0v) is 10.9. The standard InChI is InChI=1S/C13H17NO5/c1-3-18-13-10(15)7-12(13)19-11-6-9(14(16)17)5-4-8(11)2/h4-6,10,12-13,15H,3,7H2,1-2H3. The van der Waals surface area contributed by atoms with Crippen LogP contribution in [0.3, 0.4) is 0 Å². The van der Waals surface area contributed by atoms with Gasteiger partial charge in [-0.05, 0) is 25.5 Å². The van der Waals surface area contributed by atoms with Crippen LogP contribution in [0.4, 0.5) is 5.69 Å². The zero-order chi connectivity index (χ0) is 14.0. The van der Waals surface area contributed by atoms with E-state index in [1.54, 1.807) is 6.07 Å². The second kappa shape index (κ2) is 5.54. The minimum Gasteiger partial charge on any atom is -0.487 e. The number of nitro groups is 1. The van der Waals surface area contributed by atoms with Gasteiger partial charge in [-0.15, -0.1) is 0 Å². The van der Waals surface area contributed by atoms with Crippen molar-refractivity contribution in [3.63, 3.8) is 0 Å². The third kappa shape index (κ3) is 2.85. The van der Waals surface area contributed by atoms with Crippen LogP contribution in [0.2, 0.25) is 0 Å². The first kappa shape index (κ1) is 13.8. The van der Waals surface area contributed by atoms with Gasteiger partial charge in [-0.3, -0.25) is 10.1 Å². The summed E-state index contributed by atoms with van der Waals surface area (Å²) in [6, 6.07) is 4.50. The smallest absolute Gasteiger partial charge is 0.273 e. The van der Waals surface area contributed by atoms with Crippen molar-refractivity contribution in [2.75, 3.05) is 6.61 Å². The van der Waals surface area contributed by atoms with E-state index < -0.39 is 11.0 Å². The average Bonchev–Trinajstić information content (AvgIpc) is 2.37. The van der Waals surface area contributed by atoms with Crippen molar-refractivity contribution in [3.8, 4) is 5.75 Å². The van der Waals surface area contributed by atoms with Crippen molar-refractivity contribution in [1.29, 1.82) is 0 Å². The van der Waals surface area contributed by atoms with Gasteiger partial charge in [0.05, 0.1) is 17.1 Å². The molecule has 3 atom stereocenters. The molecule has 19 heavy (non-hydrogen) atoms. The van der Waals surface area contributed by atoms with Gasteiger partial charge in [0.1, 0.15) is 18.0 Å². The Morgan fingerprint density at radius 1 is 1.53 bits per heavy atom. The summed E-state index contributed by atoms with van der Waals surface area (Å²) in [5.41, 5.74) is 0.815. The van der Waals surface area contributed by atoms with Gasteiger partial charge in [0, 0.05) is 19.1 Å². The maximum Gasteiger partial charge on any atom is 0.273 e. The molecule has 0 aliphatic heterocycles. The predicted octanol–water partition coefficient (Wildman–Crippen LogP) is 1.82. The normalized spacial score (nSPS) is 25.7. The number of nitrogens with zero attached hydrogens (tertiary/aromatic N) is 1. The summed E-state index contributed by atoms with van der Waals surface area (Å²) >= 11 is 0. The largest absolute Gasteiger partial charge is 0.487 e. The second-order valence-electron chi connectivity index (χ2n) is 4.59. The Morgan fingerprint density at radius 3 is 2.84 bits per heavy atom. The second-order valence-corrected chi connectivity index (χ2v) is 4.59. The number of benzene rings is 1. The van der Waals surface area contributed by atoms with Crippen LogP contribution in [0.5, 0.6) is 5.75 Å². The lowest BCUT2D eigenvalue weighted by Gasteiger charge is -2.40. The lowest BCUT2D eigenvalue weighted by molar-refractivity contribution is -0.385. The lowest BCUT2D eigenvalue weighted by Crippen LogP contribution is -2.55. The van der Waals surface area contributed by atoms with Crippen molar-refractivity contribution in [3.05, 3.63) is 33.9 Å². The number of aryl methyl sites for hydroxylation is 1. The highest BCUT2D eigenvalue weighted by atomic mass is 16.6. The molecule has 0 spiro atoms. The number of hydrogen-bond acceptors (Lipinski definition) is 5. The van der Waals surface area contributed by atoms with Crippen LogP contribution < -0.4 is 4.74 Å². The maximum atomic E-state index is 10.7. The molecule has 1 aliphatic rings. The molecule has 0 bridgehead atoms. The first-order valence-electron chi connectivity index (χ1n) is 6.24. The molecule has 0 saturated heterocycles. The fourth-order valence-electron chi connectivity index (χ4n) is 2.08. The van der Waals surface area contributed by atoms with Crippen LogP contribution in [0.1, 0.15) is 18.9 Å². The van der Waals surface area contributed by atoms with E-state index in [-0.39, 0.29) is 17.9 Å². The summed E-state index contributed by atoms with van der Waals surface area (Å²) in [6.07, 6.45) is -0.657. The van der Waals surface area contributed by atoms with E-state index in [2.05, 4.69) is 0 Å². The summed E-state index contributed by atoms with van der Waals surface area (Å²) in [7, 11) is 0. The van der Waals surface area contributed by atoms with Crippen LogP contribution >= 0.6 is 0 Å². The molecular formula is C13H17NO5.